The van der Waals surface area contributed by atoms with Gasteiger partial charge in [-0.2, -0.15) is 4.31 Å². The molecule has 2 aliphatic carbocycles. The van der Waals surface area contributed by atoms with E-state index in [-0.39, 0.29) is 55.0 Å². The summed E-state index contributed by atoms with van der Waals surface area (Å²) in [6, 6.07) is 17.3. The number of hydrogen-bond donors (Lipinski definition) is 0. The molecule has 2 aromatic carbocycles. The minimum absolute atomic E-state index is 0.0971. The molecule has 1 aromatic heterocycles. The normalized spacial score (nSPS) is 23.2. The summed E-state index contributed by atoms with van der Waals surface area (Å²) in [5.74, 6) is 1.53. The Labute approximate surface area is 259 Å². The largest absolute Gasteiger partial charge is 0.497 e. The predicted octanol–water partition coefficient (Wildman–Crippen LogP) is 4.95. The fourth-order valence-corrected chi connectivity index (χ4v) is 9.93. The van der Waals surface area contributed by atoms with E-state index >= 15 is 0 Å². The van der Waals surface area contributed by atoms with Crippen molar-refractivity contribution in [1.82, 2.24) is 13.8 Å². The number of hydrogen-bond acceptors (Lipinski definition) is 6. The van der Waals surface area contributed by atoms with Crippen molar-refractivity contribution in [3.63, 3.8) is 0 Å². The molecule has 2 atom stereocenters. The van der Waals surface area contributed by atoms with Gasteiger partial charge in [0, 0.05) is 55.5 Å². The number of fused-ring (bicyclic) bond motifs is 2. The van der Waals surface area contributed by atoms with E-state index in [2.05, 4.69) is 13.8 Å². The van der Waals surface area contributed by atoms with Gasteiger partial charge < -0.3 is 18.9 Å². The molecule has 234 valence electrons. The molecule has 0 N–H and O–H groups in total. The molecule has 2 bridgehead atoms. The minimum Gasteiger partial charge on any atom is -0.497 e. The number of nitrogens with zero attached hydrogens (tertiary/aromatic N) is 3. The second kappa shape index (κ2) is 11.1. The molecule has 44 heavy (non-hydrogen) atoms. The van der Waals surface area contributed by atoms with Gasteiger partial charge in [-0.3, -0.25) is 9.59 Å². The maximum Gasteiger partial charge on any atom is 0.255 e. The number of benzene rings is 2. The quantitative estimate of drug-likeness (QED) is 0.354. The van der Waals surface area contributed by atoms with Crippen molar-refractivity contribution in [2.24, 2.45) is 16.7 Å². The van der Waals surface area contributed by atoms with E-state index in [1.54, 1.807) is 19.1 Å². The number of carbonyl (C=O) groups is 2. The average molecular weight is 620 g/mol. The van der Waals surface area contributed by atoms with Gasteiger partial charge >= 0.3 is 0 Å². The van der Waals surface area contributed by atoms with Crippen LogP contribution in [-0.4, -0.2) is 80.0 Å². The Morgan fingerprint density at radius 2 is 1.64 bits per heavy atom. The highest BCUT2D eigenvalue weighted by Crippen LogP contribution is 2.64. The van der Waals surface area contributed by atoms with E-state index in [0.717, 1.165) is 34.8 Å². The van der Waals surface area contributed by atoms with Gasteiger partial charge in [0.05, 0.1) is 31.2 Å². The van der Waals surface area contributed by atoms with Gasteiger partial charge in [0.2, 0.25) is 10.0 Å². The van der Waals surface area contributed by atoms with Crippen LogP contribution >= 0.6 is 0 Å². The number of rotatable bonds is 8. The maximum atomic E-state index is 14.0. The van der Waals surface area contributed by atoms with Gasteiger partial charge in [0.25, 0.3) is 5.91 Å². The number of ketones is 1. The van der Waals surface area contributed by atoms with Crippen LogP contribution in [0.15, 0.2) is 54.6 Å². The molecule has 6 rings (SSSR count). The van der Waals surface area contributed by atoms with Crippen molar-refractivity contribution < 1.29 is 27.5 Å². The highest BCUT2D eigenvalue weighted by molar-refractivity contribution is 7.89. The molecule has 3 aliphatic rings. The number of piperazine rings is 1. The Bertz CT molecular complexity index is 1700. The summed E-state index contributed by atoms with van der Waals surface area (Å²) in [5, 5.41) is 0. The first kappa shape index (κ1) is 30.4. The SMILES string of the molecule is COc1ccc(-c2cc(C(=O)N3CCN(S(=O)(=O)CC45CCC(CC4=O)C5(C)C)CC3)c(C)n2-c2cccc(OC)c2)cc1. The summed E-state index contributed by atoms with van der Waals surface area (Å²) in [7, 11) is -0.429. The van der Waals surface area contributed by atoms with Crippen LogP contribution in [0.5, 0.6) is 11.5 Å². The lowest BCUT2D eigenvalue weighted by atomic mass is 9.70. The summed E-state index contributed by atoms with van der Waals surface area (Å²) >= 11 is 0. The topological polar surface area (TPSA) is 98.2 Å². The molecule has 1 aliphatic heterocycles. The second-order valence-corrected chi connectivity index (χ2v) is 14.9. The first-order chi connectivity index (χ1) is 20.9. The van der Waals surface area contributed by atoms with Gasteiger partial charge in [-0.15, -0.1) is 0 Å². The van der Waals surface area contributed by atoms with Crippen molar-refractivity contribution in [2.45, 2.75) is 40.0 Å². The Hall–Kier alpha value is -3.63. The van der Waals surface area contributed by atoms with Gasteiger partial charge in [-0.25, -0.2) is 8.42 Å². The van der Waals surface area contributed by atoms with Crippen molar-refractivity contribution in [2.75, 3.05) is 46.2 Å². The standard InChI is InChI=1S/C34H41N3O6S/c1-23-29(21-30(24-9-11-27(42-4)12-10-24)37(23)26-7-6-8-28(20-26)43-5)32(39)35-15-17-36(18-16-35)44(40,41)22-34-14-13-25(19-31(34)38)33(34,2)3/h6-12,20-21,25H,13-19,22H2,1-5H3. The van der Waals surface area contributed by atoms with Crippen LogP contribution in [0.4, 0.5) is 0 Å². The van der Waals surface area contributed by atoms with E-state index in [0.29, 0.717) is 24.2 Å². The van der Waals surface area contributed by atoms with Crippen LogP contribution in [0, 0.1) is 23.7 Å². The van der Waals surface area contributed by atoms with Crippen LogP contribution in [-0.2, 0) is 14.8 Å². The Balaban J connectivity index is 1.25. The monoisotopic (exact) mass is 619 g/mol. The first-order valence-electron chi connectivity index (χ1n) is 15.2. The molecule has 2 heterocycles. The van der Waals surface area contributed by atoms with Crippen LogP contribution in [0.2, 0.25) is 0 Å². The molecule has 3 aromatic rings. The highest BCUT2D eigenvalue weighted by atomic mass is 32.2. The van der Waals surface area contributed by atoms with Gasteiger partial charge in [-0.1, -0.05) is 19.9 Å². The molecule has 1 amide bonds. The molecule has 10 heteroatoms. The van der Waals surface area contributed by atoms with Crippen LogP contribution in [0.1, 0.15) is 49.2 Å². The second-order valence-electron chi connectivity index (χ2n) is 12.9. The predicted molar refractivity (Wildman–Crippen MR) is 169 cm³/mol. The van der Waals surface area contributed by atoms with E-state index in [4.69, 9.17) is 9.47 Å². The third-order valence-corrected chi connectivity index (χ3v) is 12.7. The third kappa shape index (κ3) is 4.83. The average Bonchev–Trinajstić information content (AvgIpc) is 3.56. The maximum absolute atomic E-state index is 14.0. The Morgan fingerprint density at radius 1 is 0.955 bits per heavy atom. The summed E-state index contributed by atoms with van der Waals surface area (Å²) < 4.78 is 41.7. The van der Waals surface area contributed by atoms with Crippen LogP contribution in [0.3, 0.4) is 0 Å². The number of aromatic nitrogens is 1. The smallest absolute Gasteiger partial charge is 0.255 e. The molecule has 2 unspecified atom stereocenters. The molecule has 3 fully saturated rings. The number of carbonyl (C=O) groups excluding carboxylic acids is 2. The zero-order valence-electron chi connectivity index (χ0n) is 26.1. The lowest BCUT2D eigenvalue weighted by Gasteiger charge is -2.39. The van der Waals surface area contributed by atoms with E-state index in [1.807, 2.05) is 66.1 Å². The van der Waals surface area contributed by atoms with Crippen molar-refractivity contribution in [3.05, 3.63) is 65.9 Å². The highest BCUT2D eigenvalue weighted by Gasteiger charge is 2.65. The van der Waals surface area contributed by atoms with Crippen molar-refractivity contribution >= 4 is 21.7 Å². The summed E-state index contributed by atoms with van der Waals surface area (Å²) in [5.41, 5.74) is 2.85. The Kier molecular flexibility index (Phi) is 7.65. The first-order valence-corrected chi connectivity index (χ1v) is 16.8. The van der Waals surface area contributed by atoms with E-state index in [9.17, 15) is 18.0 Å². The van der Waals surface area contributed by atoms with Crippen LogP contribution in [0.25, 0.3) is 16.9 Å². The summed E-state index contributed by atoms with van der Waals surface area (Å²) in [6.07, 6.45) is 2.03. The van der Waals surface area contributed by atoms with Crippen molar-refractivity contribution in [3.8, 4) is 28.4 Å². The number of methoxy groups -OCH3 is 2. The minimum atomic E-state index is -3.68. The zero-order chi connectivity index (χ0) is 31.4. The van der Waals surface area contributed by atoms with Gasteiger partial charge in [0.15, 0.2) is 0 Å². The fourth-order valence-electron chi connectivity index (χ4n) is 7.73. The van der Waals surface area contributed by atoms with E-state index < -0.39 is 15.4 Å². The molecule has 0 spiro atoms. The number of sulfonamides is 1. The third-order valence-electron chi connectivity index (χ3n) is 10.7. The summed E-state index contributed by atoms with van der Waals surface area (Å²) in [4.78, 5) is 28.7. The Morgan fingerprint density at radius 3 is 2.23 bits per heavy atom. The fraction of sp³-hybridized carbons (Fsp3) is 0.471. The number of amides is 1. The summed E-state index contributed by atoms with van der Waals surface area (Å²) in [6.45, 7) is 7.03. The van der Waals surface area contributed by atoms with Gasteiger partial charge in [0.1, 0.15) is 17.3 Å². The van der Waals surface area contributed by atoms with Crippen molar-refractivity contribution in [1.29, 1.82) is 0 Å². The molecule has 9 nitrogen and oxygen atoms in total. The van der Waals surface area contributed by atoms with Gasteiger partial charge in [-0.05, 0) is 79.1 Å². The molecule has 2 saturated carbocycles. The number of Topliss-reactive ketones (excluding diaryl/α,β-unsaturated/α-hetero) is 1. The zero-order valence-corrected chi connectivity index (χ0v) is 26.9. The molecular formula is C34H41N3O6S. The lowest BCUT2D eigenvalue weighted by Crippen LogP contribution is -2.53. The molecular weight excluding hydrogens is 578 g/mol. The van der Waals surface area contributed by atoms with E-state index in [1.165, 1.54) is 4.31 Å². The molecule has 1 saturated heterocycles. The number of ether oxygens (including phenoxy) is 2. The van der Waals surface area contributed by atoms with Crippen LogP contribution < -0.4 is 9.47 Å². The molecule has 0 radical (unpaired) electrons. The lowest BCUT2D eigenvalue weighted by molar-refractivity contribution is -0.128.